The van der Waals surface area contributed by atoms with Gasteiger partial charge < -0.3 is 10.1 Å². The van der Waals surface area contributed by atoms with Crippen molar-refractivity contribution in [3.63, 3.8) is 0 Å². The Kier molecular flexibility index (Phi) is 4.79. The van der Waals surface area contributed by atoms with Crippen LogP contribution in [0.25, 0.3) is 6.08 Å². The predicted molar refractivity (Wildman–Crippen MR) is 89.7 cm³/mol. The highest BCUT2D eigenvalue weighted by molar-refractivity contribution is 5.93. The van der Waals surface area contributed by atoms with Gasteiger partial charge in [0.25, 0.3) is 0 Å². The molecule has 1 N–H and O–H groups in total. The average molecular weight is 313 g/mol. The third-order valence-corrected chi connectivity index (χ3v) is 4.95. The SMILES string of the molecule is CCOC(=O)/C=C/c1ccc(NC(=O)C2CC3CCC2C3)cc1. The van der Waals surface area contributed by atoms with Crippen LogP contribution < -0.4 is 5.32 Å². The molecule has 0 aromatic heterocycles. The summed E-state index contributed by atoms with van der Waals surface area (Å²) < 4.78 is 4.84. The summed E-state index contributed by atoms with van der Waals surface area (Å²) in [4.78, 5) is 23.7. The number of carbonyl (C=O) groups excluding carboxylic acids is 2. The van der Waals surface area contributed by atoms with Crippen LogP contribution in [-0.2, 0) is 14.3 Å². The van der Waals surface area contributed by atoms with Crippen molar-refractivity contribution in [3.05, 3.63) is 35.9 Å². The van der Waals surface area contributed by atoms with Crippen molar-refractivity contribution in [2.75, 3.05) is 11.9 Å². The molecular weight excluding hydrogens is 290 g/mol. The molecule has 0 saturated heterocycles. The van der Waals surface area contributed by atoms with Crippen LogP contribution in [0.5, 0.6) is 0 Å². The molecule has 0 radical (unpaired) electrons. The molecule has 1 amide bonds. The number of fused-ring (bicyclic) bond motifs is 2. The Bertz CT molecular complexity index is 606. The summed E-state index contributed by atoms with van der Waals surface area (Å²) in [5.74, 6) is 1.36. The maximum atomic E-state index is 12.4. The summed E-state index contributed by atoms with van der Waals surface area (Å²) in [6.07, 6.45) is 7.91. The van der Waals surface area contributed by atoms with Gasteiger partial charge in [0.05, 0.1) is 6.61 Å². The van der Waals surface area contributed by atoms with Gasteiger partial charge in [0.2, 0.25) is 5.91 Å². The van der Waals surface area contributed by atoms with Crippen molar-refractivity contribution in [3.8, 4) is 0 Å². The molecule has 0 aliphatic heterocycles. The van der Waals surface area contributed by atoms with Gasteiger partial charge in [0.15, 0.2) is 0 Å². The minimum Gasteiger partial charge on any atom is -0.463 e. The van der Waals surface area contributed by atoms with E-state index in [-0.39, 0.29) is 17.8 Å². The van der Waals surface area contributed by atoms with Gasteiger partial charge in [-0.25, -0.2) is 4.79 Å². The van der Waals surface area contributed by atoms with Crippen molar-refractivity contribution in [2.45, 2.75) is 32.6 Å². The van der Waals surface area contributed by atoms with Crippen LogP contribution in [-0.4, -0.2) is 18.5 Å². The van der Waals surface area contributed by atoms with E-state index in [1.54, 1.807) is 13.0 Å². The number of nitrogens with one attached hydrogen (secondary N) is 1. The quantitative estimate of drug-likeness (QED) is 0.667. The van der Waals surface area contributed by atoms with Crippen LogP contribution in [0.15, 0.2) is 30.3 Å². The maximum absolute atomic E-state index is 12.4. The summed E-state index contributed by atoms with van der Waals surface area (Å²) in [6.45, 7) is 2.15. The van der Waals surface area contributed by atoms with Crippen LogP contribution in [0.4, 0.5) is 5.69 Å². The van der Waals surface area contributed by atoms with E-state index in [1.807, 2.05) is 24.3 Å². The number of ether oxygens (including phenoxy) is 1. The minimum atomic E-state index is -0.346. The molecule has 0 heterocycles. The fraction of sp³-hybridized carbons (Fsp3) is 0.474. The van der Waals surface area contributed by atoms with Crippen LogP contribution in [0.3, 0.4) is 0 Å². The summed E-state index contributed by atoms with van der Waals surface area (Å²) >= 11 is 0. The van der Waals surface area contributed by atoms with Gasteiger partial charge in [0.1, 0.15) is 0 Å². The minimum absolute atomic E-state index is 0.159. The fourth-order valence-electron chi connectivity index (χ4n) is 3.83. The van der Waals surface area contributed by atoms with Crippen LogP contribution in [0, 0.1) is 17.8 Å². The smallest absolute Gasteiger partial charge is 0.330 e. The summed E-state index contributed by atoms with van der Waals surface area (Å²) in [7, 11) is 0. The van der Waals surface area contributed by atoms with Crippen molar-refractivity contribution < 1.29 is 14.3 Å². The highest BCUT2D eigenvalue weighted by Gasteiger charge is 2.42. The summed E-state index contributed by atoms with van der Waals surface area (Å²) in [5, 5.41) is 3.03. The first-order valence-electron chi connectivity index (χ1n) is 8.41. The summed E-state index contributed by atoms with van der Waals surface area (Å²) in [6, 6.07) is 7.50. The Balaban J connectivity index is 1.55. The lowest BCUT2D eigenvalue weighted by molar-refractivity contribution is -0.137. The number of esters is 1. The first kappa shape index (κ1) is 15.8. The van der Waals surface area contributed by atoms with Crippen molar-refractivity contribution in [1.82, 2.24) is 0 Å². The Hall–Kier alpha value is -2.10. The van der Waals surface area contributed by atoms with Gasteiger partial charge in [-0.05, 0) is 61.8 Å². The number of anilines is 1. The van der Waals surface area contributed by atoms with Gasteiger partial charge in [-0.3, -0.25) is 4.79 Å². The van der Waals surface area contributed by atoms with E-state index in [1.165, 1.54) is 25.3 Å². The predicted octanol–water partition coefficient (Wildman–Crippen LogP) is 3.64. The van der Waals surface area contributed by atoms with Gasteiger partial charge in [0, 0.05) is 17.7 Å². The molecule has 3 atom stereocenters. The van der Waals surface area contributed by atoms with E-state index in [9.17, 15) is 9.59 Å². The first-order chi connectivity index (χ1) is 11.2. The number of benzene rings is 1. The molecule has 3 rings (SSSR count). The molecule has 4 nitrogen and oxygen atoms in total. The molecule has 2 aliphatic rings. The Labute approximate surface area is 136 Å². The third-order valence-electron chi connectivity index (χ3n) is 4.95. The normalized spacial score (nSPS) is 25.7. The van der Waals surface area contributed by atoms with Gasteiger partial charge >= 0.3 is 5.97 Å². The molecule has 0 spiro atoms. The van der Waals surface area contributed by atoms with Gasteiger partial charge in [-0.1, -0.05) is 18.6 Å². The Morgan fingerprint density at radius 1 is 1.22 bits per heavy atom. The van der Waals surface area contributed by atoms with Crippen LogP contribution >= 0.6 is 0 Å². The third kappa shape index (κ3) is 3.81. The van der Waals surface area contributed by atoms with Crippen molar-refractivity contribution in [2.24, 2.45) is 17.8 Å². The second kappa shape index (κ2) is 6.99. The molecule has 4 heteroatoms. The molecule has 2 bridgehead atoms. The average Bonchev–Trinajstić information content (AvgIpc) is 3.17. The lowest BCUT2D eigenvalue weighted by Crippen LogP contribution is -2.27. The summed E-state index contributed by atoms with van der Waals surface area (Å²) in [5.41, 5.74) is 1.71. The first-order valence-corrected chi connectivity index (χ1v) is 8.41. The van der Waals surface area contributed by atoms with E-state index >= 15 is 0 Å². The Morgan fingerprint density at radius 2 is 2.00 bits per heavy atom. The largest absolute Gasteiger partial charge is 0.463 e. The van der Waals surface area contributed by atoms with E-state index < -0.39 is 0 Å². The van der Waals surface area contributed by atoms with Gasteiger partial charge in [-0.2, -0.15) is 0 Å². The molecule has 1 aromatic carbocycles. The van der Waals surface area contributed by atoms with Crippen LogP contribution in [0.2, 0.25) is 0 Å². The zero-order chi connectivity index (χ0) is 16.2. The second-order valence-electron chi connectivity index (χ2n) is 6.48. The lowest BCUT2D eigenvalue weighted by Gasteiger charge is -2.20. The number of hydrogen-bond acceptors (Lipinski definition) is 3. The molecule has 122 valence electrons. The second-order valence-corrected chi connectivity index (χ2v) is 6.48. The number of hydrogen-bond donors (Lipinski definition) is 1. The molecule has 3 unspecified atom stereocenters. The molecule has 1 aromatic rings. The van der Waals surface area contributed by atoms with Gasteiger partial charge in [-0.15, -0.1) is 0 Å². The lowest BCUT2D eigenvalue weighted by atomic mass is 9.88. The molecule has 2 saturated carbocycles. The number of carbonyl (C=O) groups is 2. The standard InChI is InChI=1S/C19H23NO3/c1-2-23-18(21)10-6-13-4-8-16(9-5-13)20-19(22)17-12-14-3-7-15(17)11-14/h4-6,8-10,14-15,17H,2-3,7,11-12H2,1H3,(H,20,22)/b10-6+. The molecule has 2 fully saturated rings. The molecule has 23 heavy (non-hydrogen) atoms. The maximum Gasteiger partial charge on any atom is 0.330 e. The Morgan fingerprint density at radius 3 is 2.61 bits per heavy atom. The van der Waals surface area contributed by atoms with Crippen molar-refractivity contribution in [1.29, 1.82) is 0 Å². The zero-order valence-electron chi connectivity index (χ0n) is 13.5. The molecular formula is C19H23NO3. The highest BCUT2D eigenvalue weighted by Crippen LogP contribution is 2.48. The number of rotatable bonds is 5. The number of amides is 1. The molecule has 2 aliphatic carbocycles. The van der Waals surface area contributed by atoms with E-state index in [2.05, 4.69) is 5.32 Å². The van der Waals surface area contributed by atoms with Crippen molar-refractivity contribution >= 4 is 23.6 Å². The van der Waals surface area contributed by atoms with E-state index in [4.69, 9.17) is 4.74 Å². The zero-order valence-corrected chi connectivity index (χ0v) is 13.5. The van der Waals surface area contributed by atoms with E-state index in [0.717, 1.165) is 23.6 Å². The topological polar surface area (TPSA) is 55.4 Å². The van der Waals surface area contributed by atoms with Crippen LogP contribution in [0.1, 0.15) is 38.2 Å². The highest BCUT2D eigenvalue weighted by atomic mass is 16.5. The fourth-order valence-corrected chi connectivity index (χ4v) is 3.83. The van der Waals surface area contributed by atoms with E-state index in [0.29, 0.717) is 12.5 Å². The monoisotopic (exact) mass is 313 g/mol.